The molecule has 1 fully saturated rings. The standard InChI is InChI=1S/C15H21NO/c1-2-16-8-4-6-12-9-13-11(10-14(12)16)5-3-7-15(13)17/h3,5,7,12,14,17H,2,4,6,8-10H2,1H3/t12-,14-/m1/s1. The van der Waals surface area contributed by atoms with E-state index in [0.717, 1.165) is 25.3 Å². The summed E-state index contributed by atoms with van der Waals surface area (Å²) in [5.74, 6) is 1.26. The van der Waals surface area contributed by atoms with Crippen LogP contribution in [0.25, 0.3) is 0 Å². The number of phenolic OH excluding ortho intramolecular Hbond substituents is 1. The van der Waals surface area contributed by atoms with Crippen molar-refractivity contribution in [2.45, 2.75) is 38.6 Å². The lowest BCUT2D eigenvalue weighted by molar-refractivity contribution is 0.0903. The molecule has 3 rings (SSSR count). The third-order valence-electron chi connectivity index (χ3n) is 4.58. The number of nitrogens with zero attached hydrogens (tertiary/aromatic N) is 1. The van der Waals surface area contributed by atoms with Crippen LogP contribution in [-0.4, -0.2) is 29.1 Å². The number of benzene rings is 1. The molecule has 0 aromatic heterocycles. The van der Waals surface area contributed by atoms with E-state index in [2.05, 4.69) is 17.9 Å². The summed E-state index contributed by atoms with van der Waals surface area (Å²) >= 11 is 0. The lowest BCUT2D eigenvalue weighted by Gasteiger charge is -2.44. The molecular formula is C15H21NO. The molecule has 1 aliphatic carbocycles. The monoisotopic (exact) mass is 231 g/mol. The summed E-state index contributed by atoms with van der Waals surface area (Å²) in [7, 11) is 0. The maximum atomic E-state index is 9.96. The van der Waals surface area contributed by atoms with Gasteiger partial charge in [-0.15, -0.1) is 0 Å². The van der Waals surface area contributed by atoms with Crippen molar-refractivity contribution in [3.05, 3.63) is 29.3 Å². The second-order valence-electron chi connectivity index (χ2n) is 5.42. The van der Waals surface area contributed by atoms with Crippen LogP contribution in [0.3, 0.4) is 0 Å². The number of piperidine rings is 1. The SMILES string of the molecule is CCN1CCC[C@@H]2Cc3c(O)cccc3C[C@H]21. The van der Waals surface area contributed by atoms with Gasteiger partial charge in [-0.3, -0.25) is 0 Å². The first kappa shape index (κ1) is 11.1. The summed E-state index contributed by atoms with van der Waals surface area (Å²) in [6.45, 7) is 4.68. The van der Waals surface area contributed by atoms with Crippen molar-refractivity contribution >= 4 is 0 Å². The maximum Gasteiger partial charge on any atom is 0.119 e. The van der Waals surface area contributed by atoms with Crippen LogP contribution in [0.4, 0.5) is 0 Å². The van der Waals surface area contributed by atoms with Crippen molar-refractivity contribution in [2.24, 2.45) is 5.92 Å². The molecule has 1 saturated heterocycles. The molecule has 0 saturated carbocycles. The van der Waals surface area contributed by atoms with Gasteiger partial charge < -0.3 is 10.0 Å². The van der Waals surface area contributed by atoms with Crippen LogP contribution in [0.5, 0.6) is 5.75 Å². The summed E-state index contributed by atoms with van der Waals surface area (Å²) in [5.41, 5.74) is 2.58. The van der Waals surface area contributed by atoms with E-state index < -0.39 is 0 Å². The number of rotatable bonds is 1. The number of phenols is 1. The Balaban J connectivity index is 1.93. The molecule has 2 aliphatic rings. The largest absolute Gasteiger partial charge is 0.508 e. The quantitative estimate of drug-likeness (QED) is 0.803. The van der Waals surface area contributed by atoms with Gasteiger partial charge >= 0.3 is 0 Å². The highest BCUT2D eigenvalue weighted by atomic mass is 16.3. The van der Waals surface area contributed by atoms with Gasteiger partial charge in [0.1, 0.15) is 5.75 Å². The molecule has 1 aliphatic heterocycles. The average Bonchev–Trinajstić information content (AvgIpc) is 2.36. The molecule has 0 unspecified atom stereocenters. The zero-order chi connectivity index (χ0) is 11.8. The molecular weight excluding hydrogens is 210 g/mol. The van der Waals surface area contributed by atoms with Crippen LogP contribution < -0.4 is 0 Å². The highest BCUT2D eigenvalue weighted by molar-refractivity contribution is 5.42. The van der Waals surface area contributed by atoms with Gasteiger partial charge in [0, 0.05) is 6.04 Å². The van der Waals surface area contributed by atoms with Gasteiger partial charge in [-0.05, 0) is 61.9 Å². The van der Waals surface area contributed by atoms with E-state index in [1.807, 2.05) is 12.1 Å². The Kier molecular flexibility index (Phi) is 2.83. The summed E-state index contributed by atoms with van der Waals surface area (Å²) < 4.78 is 0. The first-order chi connectivity index (χ1) is 8.29. The van der Waals surface area contributed by atoms with Gasteiger partial charge in [0.25, 0.3) is 0 Å². The smallest absolute Gasteiger partial charge is 0.119 e. The van der Waals surface area contributed by atoms with Crippen LogP contribution in [0.2, 0.25) is 0 Å². The predicted molar refractivity (Wildman–Crippen MR) is 69.3 cm³/mol. The lowest BCUT2D eigenvalue weighted by Crippen LogP contribution is -2.48. The van der Waals surface area contributed by atoms with Crippen molar-refractivity contribution in [3.8, 4) is 5.75 Å². The third kappa shape index (κ3) is 1.85. The summed E-state index contributed by atoms with van der Waals surface area (Å²) in [6.07, 6.45) is 4.85. The molecule has 1 N–H and O–H groups in total. The normalized spacial score (nSPS) is 28.5. The van der Waals surface area contributed by atoms with Gasteiger partial charge in [0.2, 0.25) is 0 Å². The van der Waals surface area contributed by atoms with Gasteiger partial charge in [-0.1, -0.05) is 19.1 Å². The number of likely N-dealkylation sites (tertiary alicyclic amines) is 1. The van der Waals surface area contributed by atoms with Crippen LogP contribution >= 0.6 is 0 Å². The lowest BCUT2D eigenvalue weighted by atomic mass is 9.75. The summed E-state index contributed by atoms with van der Waals surface area (Å²) in [6, 6.07) is 6.71. The number of likely N-dealkylation sites (N-methyl/N-ethyl adjacent to an activating group) is 1. The zero-order valence-corrected chi connectivity index (χ0v) is 10.5. The Bertz CT molecular complexity index is 415. The van der Waals surface area contributed by atoms with Crippen LogP contribution in [-0.2, 0) is 12.8 Å². The summed E-state index contributed by atoms with van der Waals surface area (Å²) in [5, 5.41) is 9.96. The van der Waals surface area contributed by atoms with E-state index >= 15 is 0 Å². The first-order valence-electron chi connectivity index (χ1n) is 6.83. The number of aromatic hydroxyl groups is 1. The Hall–Kier alpha value is -1.02. The molecule has 17 heavy (non-hydrogen) atoms. The van der Waals surface area contributed by atoms with Crippen molar-refractivity contribution in [1.82, 2.24) is 4.90 Å². The van der Waals surface area contributed by atoms with E-state index in [4.69, 9.17) is 0 Å². The van der Waals surface area contributed by atoms with E-state index in [9.17, 15) is 5.11 Å². The molecule has 0 bridgehead atoms. The predicted octanol–water partition coefficient (Wildman–Crippen LogP) is 2.59. The molecule has 92 valence electrons. The Morgan fingerprint density at radius 1 is 1.35 bits per heavy atom. The van der Waals surface area contributed by atoms with Gasteiger partial charge in [0.05, 0.1) is 0 Å². The highest BCUT2D eigenvalue weighted by Crippen LogP contribution is 2.37. The first-order valence-corrected chi connectivity index (χ1v) is 6.83. The van der Waals surface area contributed by atoms with Gasteiger partial charge in [-0.2, -0.15) is 0 Å². The number of hydrogen-bond donors (Lipinski definition) is 1. The van der Waals surface area contributed by atoms with E-state index in [1.54, 1.807) is 0 Å². The molecule has 2 nitrogen and oxygen atoms in total. The second kappa shape index (κ2) is 4.34. The molecule has 1 aromatic carbocycles. The van der Waals surface area contributed by atoms with Gasteiger partial charge in [-0.25, -0.2) is 0 Å². The Morgan fingerprint density at radius 2 is 2.24 bits per heavy atom. The Labute approximate surface area is 103 Å². The number of fused-ring (bicyclic) bond motifs is 2. The second-order valence-corrected chi connectivity index (χ2v) is 5.42. The fourth-order valence-corrected chi connectivity index (χ4v) is 3.67. The van der Waals surface area contributed by atoms with Gasteiger partial charge in [0.15, 0.2) is 0 Å². The minimum absolute atomic E-state index is 0.509. The van der Waals surface area contributed by atoms with Crippen LogP contribution in [0, 0.1) is 5.92 Å². The number of hydrogen-bond acceptors (Lipinski definition) is 2. The molecule has 1 aromatic rings. The maximum absolute atomic E-state index is 9.96. The average molecular weight is 231 g/mol. The topological polar surface area (TPSA) is 23.5 Å². The Morgan fingerprint density at radius 3 is 3.06 bits per heavy atom. The molecule has 0 amide bonds. The third-order valence-corrected chi connectivity index (χ3v) is 4.58. The van der Waals surface area contributed by atoms with Crippen molar-refractivity contribution in [3.63, 3.8) is 0 Å². The highest BCUT2D eigenvalue weighted by Gasteiger charge is 2.35. The molecule has 1 heterocycles. The minimum atomic E-state index is 0.509. The molecule has 0 spiro atoms. The molecule has 2 atom stereocenters. The fraction of sp³-hybridized carbons (Fsp3) is 0.600. The van der Waals surface area contributed by atoms with Crippen LogP contribution in [0.1, 0.15) is 30.9 Å². The zero-order valence-electron chi connectivity index (χ0n) is 10.5. The van der Waals surface area contributed by atoms with E-state index in [1.165, 1.54) is 30.5 Å². The fourth-order valence-electron chi connectivity index (χ4n) is 3.67. The molecule has 0 radical (unpaired) electrons. The summed E-state index contributed by atoms with van der Waals surface area (Å²) in [4.78, 5) is 2.63. The van der Waals surface area contributed by atoms with E-state index in [-0.39, 0.29) is 0 Å². The molecule has 2 heteroatoms. The van der Waals surface area contributed by atoms with Crippen LogP contribution in [0.15, 0.2) is 18.2 Å². The van der Waals surface area contributed by atoms with Crippen molar-refractivity contribution < 1.29 is 5.11 Å². The van der Waals surface area contributed by atoms with E-state index in [0.29, 0.717) is 11.8 Å². The van der Waals surface area contributed by atoms with Crippen molar-refractivity contribution in [1.29, 1.82) is 0 Å². The van der Waals surface area contributed by atoms with Crippen molar-refractivity contribution in [2.75, 3.05) is 13.1 Å². The minimum Gasteiger partial charge on any atom is -0.508 e.